The van der Waals surface area contributed by atoms with Gasteiger partial charge in [0.2, 0.25) is 0 Å². The number of hydrogen-bond donors (Lipinski definition) is 0. The van der Waals surface area contributed by atoms with Gasteiger partial charge in [0, 0.05) is 10.6 Å². The van der Waals surface area contributed by atoms with Crippen LogP contribution in [-0.2, 0) is 9.30 Å². The number of benzene rings is 2. The average Bonchev–Trinajstić information content (AvgIpc) is 2.53. The molecule has 1 atom stereocenters. The fraction of sp³-hybridized carbons (Fsp3) is 0.294. The molecule has 21 heavy (non-hydrogen) atoms. The molecular formula is C17H20BrO2P. The van der Waals surface area contributed by atoms with Gasteiger partial charge in [-0.15, -0.1) is 0 Å². The molecule has 0 aliphatic carbocycles. The van der Waals surface area contributed by atoms with Crippen molar-refractivity contribution in [2.24, 2.45) is 0 Å². The highest BCUT2D eigenvalue weighted by Crippen LogP contribution is 2.51. The molecule has 0 aliphatic heterocycles. The Hall–Kier alpha value is -0.890. The van der Waals surface area contributed by atoms with E-state index in [0.29, 0.717) is 6.61 Å². The number of hydrogen-bond acceptors (Lipinski definition) is 2. The highest BCUT2D eigenvalue weighted by molar-refractivity contribution is 9.11. The Balaban J connectivity index is 2.43. The third-order valence-corrected chi connectivity index (χ3v) is 8.30. The van der Waals surface area contributed by atoms with Gasteiger partial charge in [0.05, 0.1) is 17.3 Å². The molecule has 2 aromatic carbocycles. The van der Waals surface area contributed by atoms with Crippen LogP contribution in [-0.4, -0.2) is 17.3 Å². The van der Waals surface area contributed by atoms with Crippen LogP contribution in [0.2, 0.25) is 0 Å². The molecule has 2 aromatic rings. The van der Waals surface area contributed by atoms with Crippen molar-refractivity contribution in [3.63, 3.8) is 0 Å². The smallest absolute Gasteiger partial charge is 0.158 e. The van der Waals surface area contributed by atoms with E-state index in [4.69, 9.17) is 4.74 Å². The van der Waals surface area contributed by atoms with Crippen molar-refractivity contribution < 1.29 is 9.30 Å². The summed E-state index contributed by atoms with van der Waals surface area (Å²) < 4.78 is 19.2. The van der Waals surface area contributed by atoms with Crippen LogP contribution in [0.25, 0.3) is 0 Å². The predicted molar refractivity (Wildman–Crippen MR) is 93.6 cm³/mol. The highest BCUT2D eigenvalue weighted by Gasteiger charge is 2.35. The maximum atomic E-state index is 13.8. The van der Waals surface area contributed by atoms with Crippen molar-refractivity contribution >= 4 is 33.7 Å². The zero-order valence-corrected chi connectivity index (χ0v) is 14.8. The molecule has 0 bridgehead atoms. The van der Waals surface area contributed by atoms with E-state index in [2.05, 4.69) is 15.9 Å². The summed E-state index contributed by atoms with van der Waals surface area (Å²) in [5.41, 5.74) is 0. The molecule has 0 saturated carbocycles. The van der Waals surface area contributed by atoms with E-state index in [1.54, 1.807) is 0 Å². The molecule has 112 valence electrons. The lowest BCUT2D eigenvalue weighted by atomic mass is 10.4. The molecule has 2 rings (SSSR count). The number of alkyl halides is 1. The van der Waals surface area contributed by atoms with E-state index in [0.717, 1.165) is 10.6 Å². The molecule has 0 aromatic heterocycles. The maximum Gasteiger partial charge on any atom is 0.158 e. The quantitative estimate of drug-likeness (QED) is 0.567. The molecule has 4 heteroatoms. The van der Waals surface area contributed by atoms with Gasteiger partial charge in [-0.3, -0.25) is 0 Å². The Labute approximate surface area is 135 Å². The van der Waals surface area contributed by atoms with Gasteiger partial charge in [-0.1, -0.05) is 76.6 Å². The second-order valence-electron chi connectivity index (χ2n) is 5.15. The average molecular weight is 367 g/mol. The molecule has 1 unspecified atom stereocenters. The van der Waals surface area contributed by atoms with Crippen LogP contribution >= 0.6 is 23.1 Å². The first-order valence-corrected chi connectivity index (χ1v) is 9.71. The van der Waals surface area contributed by atoms with Crippen LogP contribution in [0.3, 0.4) is 0 Å². The molecule has 0 amide bonds. The first-order valence-electron chi connectivity index (χ1n) is 7.01. The second kappa shape index (κ2) is 7.40. The van der Waals surface area contributed by atoms with Crippen molar-refractivity contribution in [3.8, 4) is 0 Å². The largest absolute Gasteiger partial charge is 0.377 e. The maximum absolute atomic E-state index is 13.8. The fourth-order valence-electron chi connectivity index (χ4n) is 2.15. The lowest BCUT2D eigenvalue weighted by Crippen LogP contribution is -2.26. The number of rotatable bonds is 6. The van der Waals surface area contributed by atoms with Crippen LogP contribution in [0.4, 0.5) is 0 Å². The summed E-state index contributed by atoms with van der Waals surface area (Å²) in [7, 11) is -2.78. The van der Waals surface area contributed by atoms with E-state index < -0.39 is 7.14 Å². The van der Waals surface area contributed by atoms with Gasteiger partial charge < -0.3 is 9.30 Å². The van der Waals surface area contributed by atoms with Gasteiger partial charge in [0.1, 0.15) is 0 Å². The van der Waals surface area contributed by atoms with Crippen LogP contribution in [0.5, 0.6) is 0 Å². The molecule has 0 saturated heterocycles. The van der Waals surface area contributed by atoms with Gasteiger partial charge >= 0.3 is 0 Å². The molecule has 0 fully saturated rings. The van der Waals surface area contributed by atoms with E-state index in [1.807, 2.05) is 74.5 Å². The zero-order valence-electron chi connectivity index (χ0n) is 12.3. The third kappa shape index (κ3) is 3.85. The van der Waals surface area contributed by atoms with Crippen LogP contribution in [0, 0.1) is 0 Å². The minimum atomic E-state index is -2.78. The molecular weight excluding hydrogens is 347 g/mol. The molecule has 2 nitrogen and oxygen atoms in total. The summed E-state index contributed by atoms with van der Waals surface area (Å²) in [5, 5.41) is 1.70. The zero-order chi connectivity index (χ0) is 15.3. The van der Waals surface area contributed by atoms with E-state index in [-0.39, 0.29) is 10.7 Å². The lowest BCUT2D eigenvalue weighted by molar-refractivity contribution is 0.0885. The fourth-order valence-corrected chi connectivity index (χ4v) is 6.19. The van der Waals surface area contributed by atoms with E-state index in [9.17, 15) is 4.57 Å². The summed E-state index contributed by atoms with van der Waals surface area (Å²) in [6.45, 7) is 4.38. The van der Waals surface area contributed by atoms with Crippen LogP contribution in [0.1, 0.15) is 13.8 Å². The van der Waals surface area contributed by atoms with Crippen LogP contribution < -0.4 is 10.6 Å². The molecule has 0 radical (unpaired) electrons. The Kier molecular flexibility index (Phi) is 5.80. The molecule has 0 N–H and O–H groups in total. The summed E-state index contributed by atoms with van der Waals surface area (Å²) >= 11 is 3.61. The Bertz CT molecular complexity index is 555. The first kappa shape index (κ1) is 16.5. The molecule has 0 spiro atoms. The SMILES string of the molecule is CC(C)OCC(Br)P(=O)(c1ccccc1)c1ccccc1. The normalized spacial score (nSPS) is 13.3. The summed E-state index contributed by atoms with van der Waals surface area (Å²) in [6, 6.07) is 19.3. The number of halogens is 1. The lowest BCUT2D eigenvalue weighted by Gasteiger charge is -2.25. The van der Waals surface area contributed by atoms with Gasteiger partial charge in [-0.25, -0.2) is 0 Å². The van der Waals surface area contributed by atoms with Gasteiger partial charge in [0.25, 0.3) is 0 Å². The van der Waals surface area contributed by atoms with Crippen molar-refractivity contribution in [2.45, 2.75) is 24.5 Å². The second-order valence-corrected chi connectivity index (χ2v) is 9.93. The first-order chi connectivity index (χ1) is 10.0. The Morgan fingerprint density at radius 1 is 0.952 bits per heavy atom. The summed E-state index contributed by atoms with van der Waals surface area (Å²) in [5.74, 6) is 0. The van der Waals surface area contributed by atoms with Crippen molar-refractivity contribution in [2.75, 3.05) is 6.61 Å². The van der Waals surface area contributed by atoms with Crippen molar-refractivity contribution in [1.29, 1.82) is 0 Å². The minimum absolute atomic E-state index is 0.116. The predicted octanol–water partition coefficient (Wildman–Crippen LogP) is 4.15. The topological polar surface area (TPSA) is 26.3 Å². The van der Waals surface area contributed by atoms with Crippen LogP contribution in [0.15, 0.2) is 60.7 Å². The third-order valence-electron chi connectivity index (χ3n) is 3.24. The number of ether oxygens (including phenoxy) is 1. The van der Waals surface area contributed by atoms with Crippen molar-refractivity contribution in [3.05, 3.63) is 60.7 Å². The van der Waals surface area contributed by atoms with Gasteiger partial charge in [-0.05, 0) is 13.8 Å². The molecule has 0 heterocycles. The molecule has 0 aliphatic rings. The van der Waals surface area contributed by atoms with Crippen molar-refractivity contribution in [1.82, 2.24) is 0 Å². The van der Waals surface area contributed by atoms with Gasteiger partial charge in [-0.2, -0.15) is 0 Å². The van der Waals surface area contributed by atoms with Gasteiger partial charge in [0.15, 0.2) is 7.14 Å². The summed E-state index contributed by atoms with van der Waals surface area (Å²) in [6.07, 6.45) is 0.116. The Morgan fingerprint density at radius 3 is 1.76 bits per heavy atom. The monoisotopic (exact) mass is 366 g/mol. The summed E-state index contributed by atoms with van der Waals surface area (Å²) in [4.78, 5) is 0. The van der Waals surface area contributed by atoms with E-state index in [1.165, 1.54) is 0 Å². The Morgan fingerprint density at radius 2 is 1.38 bits per heavy atom. The standard InChI is InChI=1S/C17H20BrO2P/c1-14(2)20-13-17(18)21(19,15-9-5-3-6-10-15)16-11-7-4-8-12-16/h3-12,14,17H,13H2,1-2H3. The van der Waals surface area contributed by atoms with E-state index >= 15 is 0 Å². The minimum Gasteiger partial charge on any atom is -0.377 e. The highest BCUT2D eigenvalue weighted by atomic mass is 79.9.